The van der Waals surface area contributed by atoms with Crippen LogP contribution in [0.25, 0.3) is 10.9 Å². The largest absolute Gasteiger partial charge is 0.464 e. The number of aryl methyl sites for hydroxylation is 1. The molecule has 0 fully saturated rings. The molecule has 0 aliphatic rings. The third-order valence-corrected chi connectivity index (χ3v) is 2.55. The van der Waals surface area contributed by atoms with Crippen molar-refractivity contribution in [2.45, 2.75) is 6.54 Å². The normalized spacial score (nSPS) is 10.7. The predicted octanol–water partition coefficient (Wildman–Crippen LogP) is 0.819. The smallest absolute Gasteiger partial charge is 0.359 e. The van der Waals surface area contributed by atoms with Crippen LogP contribution < -0.4 is 5.73 Å². The predicted molar refractivity (Wildman–Crippen MR) is 59.9 cm³/mol. The van der Waals surface area contributed by atoms with Gasteiger partial charge in [0.15, 0.2) is 5.69 Å². The maximum absolute atomic E-state index is 11.5. The van der Waals surface area contributed by atoms with Crippen LogP contribution in [-0.4, -0.2) is 22.9 Å². The molecule has 0 atom stereocenters. The summed E-state index contributed by atoms with van der Waals surface area (Å²) >= 11 is 0. The number of para-hydroxylation sites is 1. The molecular formula is C11H13N3O2. The van der Waals surface area contributed by atoms with Crippen LogP contribution in [0.2, 0.25) is 0 Å². The number of rotatable bonds is 2. The van der Waals surface area contributed by atoms with E-state index in [1.54, 1.807) is 11.7 Å². The molecule has 84 valence electrons. The van der Waals surface area contributed by atoms with Gasteiger partial charge in [-0.2, -0.15) is 5.10 Å². The third kappa shape index (κ3) is 1.45. The molecule has 5 heteroatoms. The fourth-order valence-corrected chi connectivity index (χ4v) is 1.83. The summed E-state index contributed by atoms with van der Waals surface area (Å²) in [5.41, 5.74) is 7.82. The van der Waals surface area contributed by atoms with Gasteiger partial charge in [0, 0.05) is 19.0 Å². The Morgan fingerprint density at radius 3 is 2.94 bits per heavy atom. The molecule has 0 amide bonds. The maximum Gasteiger partial charge on any atom is 0.359 e. The average Bonchev–Trinajstić information content (AvgIpc) is 2.66. The minimum atomic E-state index is -0.431. The van der Waals surface area contributed by atoms with Crippen molar-refractivity contribution in [2.24, 2.45) is 12.8 Å². The van der Waals surface area contributed by atoms with Gasteiger partial charge in [0.1, 0.15) is 0 Å². The summed E-state index contributed by atoms with van der Waals surface area (Å²) in [4.78, 5) is 11.5. The van der Waals surface area contributed by atoms with Crippen molar-refractivity contribution in [3.05, 3.63) is 29.5 Å². The molecule has 16 heavy (non-hydrogen) atoms. The summed E-state index contributed by atoms with van der Waals surface area (Å²) in [7, 11) is 3.13. The van der Waals surface area contributed by atoms with E-state index in [0.29, 0.717) is 12.2 Å². The van der Waals surface area contributed by atoms with Crippen molar-refractivity contribution in [3.8, 4) is 0 Å². The summed E-state index contributed by atoms with van der Waals surface area (Å²) < 4.78 is 6.34. The maximum atomic E-state index is 11.5. The van der Waals surface area contributed by atoms with E-state index < -0.39 is 5.97 Å². The lowest BCUT2D eigenvalue weighted by atomic mass is 10.1. The highest BCUT2D eigenvalue weighted by Crippen LogP contribution is 2.21. The minimum absolute atomic E-state index is 0.329. The number of aromatic nitrogens is 2. The molecule has 1 aromatic heterocycles. The number of hydrogen-bond acceptors (Lipinski definition) is 4. The van der Waals surface area contributed by atoms with Gasteiger partial charge < -0.3 is 10.5 Å². The topological polar surface area (TPSA) is 70.1 Å². The van der Waals surface area contributed by atoms with Crippen LogP contribution in [0, 0.1) is 0 Å². The summed E-state index contributed by atoms with van der Waals surface area (Å²) in [6.07, 6.45) is 0. The lowest BCUT2D eigenvalue weighted by molar-refractivity contribution is 0.0595. The van der Waals surface area contributed by atoms with Crippen LogP contribution in [0.3, 0.4) is 0 Å². The zero-order valence-corrected chi connectivity index (χ0v) is 9.23. The summed E-state index contributed by atoms with van der Waals surface area (Å²) in [5.74, 6) is -0.431. The number of carbonyl (C=O) groups is 1. The number of carbonyl (C=O) groups excluding carboxylic acids is 1. The van der Waals surface area contributed by atoms with Crippen molar-refractivity contribution >= 4 is 16.9 Å². The molecule has 0 aliphatic carbocycles. The van der Waals surface area contributed by atoms with Crippen molar-refractivity contribution in [2.75, 3.05) is 7.11 Å². The standard InChI is InChI=1S/C11H13N3O2/c1-14-10-7(6-12)4-3-5-8(10)9(13-14)11(15)16-2/h3-5H,6,12H2,1-2H3. The van der Waals surface area contributed by atoms with Crippen LogP contribution in [-0.2, 0) is 18.3 Å². The number of nitrogens with zero attached hydrogens (tertiary/aromatic N) is 2. The Morgan fingerprint density at radius 2 is 2.31 bits per heavy atom. The monoisotopic (exact) mass is 219 g/mol. The molecule has 0 unspecified atom stereocenters. The van der Waals surface area contributed by atoms with Crippen LogP contribution in [0.15, 0.2) is 18.2 Å². The number of nitrogens with two attached hydrogens (primary N) is 1. The molecule has 5 nitrogen and oxygen atoms in total. The Bertz CT molecular complexity index is 545. The molecule has 2 rings (SSSR count). The van der Waals surface area contributed by atoms with Crippen molar-refractivity contribution < 1.29 is 9.53 Å². The van der Waals surface area contributed by atoms with E-state index >= 15 is 0 Å². The van der Waals surface area contributed by atoms with Gasteiger partial charge in [0.05, 0.1) is 12.6 Å². The Morgan fingerprint density at radius 1 is 1.56 bits per heavy atom. The van der Waals surface area contributed by atoms with E-state index in [1.807, 2.05) is 18.2 Å². The molecular weight excluding hydrogens is 206 g/mol. The molecule has 2 N–H and O–H groups in total. The van der Waals surface area contributed by atoms with Crippen LogP contribution >= 0.6 is 0 Å². The van der Waals surface area contributed by atoms with Crippen LogP contribution in [0.5, 0.6) is 0 Å². The van der Waals surface area contributed by atoms with Crippen LogP contribution in [0.1, 0.15) is 16.1 Å². The van der Waals surface area contributed by atoms with Gasteiger partial charge in [-0.05, 0) is 5.56 Å². The highest BCUT2D eigenvalue weighted by Gasteiger charge is 2.17. The molecule has 0 radical (unpaired) electrons. The lowest BCUT2D eigenvalue weighted by Crippen LogP contribution is -2.03. The van der Waals surface area contributed by atoms with E-state index in [9.17, 15) is 4.79 Å². The SMILES string of the molecule is COC(=O)c1nn(C)c2c(CN)cccc12. The molecule has 0 spiro atoms. The highest BCUT2D eigenvalue weighted by molar-refractivity contribution is 6.02. The summed E-state index contributed by atoms with van der Waals surface area (Å²) in [6, 6.07) is 5.62. The number of hydrogen-bond donors (Lipinski definition) is 1. The Balaban J connectivity index is 2.76. The second kappa shape index (κ2) is 3.94. The van der Waals surface area contributed by atoms with Gasteiger partial charge in [-0.15, -0.1) is 0 Å². The zero-order chi connectivity index (χ0) is 11.7. The molecule has 0 saturated heterocycles. The number of esters is 1. The van der Waals surface area contributed by atoms with E-state index in [0.717, 1.165) is 16.5 Å². The second-order valence-corrected chi connectivity index (χ2v) is 3.48. The fourth-order valence-electron chi connectivity index (χ4n) is 1.83. The van der Waals surface area contributed by atoms with Gasteiger partial charge in [-0.3, -0.25) is 4.68 Å². The van der Waals surface area contributed by atoms with E-state index in [-0.39, 0.29) is 0 Å². The number of benzene rings is 1. The first-order valence-corrected chi connectivity index (χ1v) is 4.92. The summed E-state index contributed by atoms with van der Waals surface area (Å²) in [6.45, 7) is 0.414. The molecule has 1 heterocycles. The second-order valence-electron chi connectivity index (χ2n) is 3.48. The first-order chi connectivity index (χ1) is 7.69. The van der Waals surface area contributed by atoms with Gasteiger partial charge in [-0.1, -0.05) is 18.2 Å². The van der Waals surface area contributed by atoms with Crippen molar-refractivity contribution in [3.63, 3.8) is 0 Å². The molecule has 0 saturated carbocycles. The first-order valence-electron chi connectivity index (χ1n) is 4.92. The Labute approximate surface area is 92.8 Å². The fraction of sp³-hybridized carbons (Fsp3) is 0.273. The number of methoxy groups -OCH3 is 1. The third-order valence-electron chi connectivity index (χ3n) is 2.55. The molecule has 2 aromatic rings. The van der Waals surface area contributed by atoms with Crippen molar-refractivity contribution in [1.82, 2.24) is 9.78 Å². The van der Waals surface area contributed by atoms with E-state index in [4.69, 9.17) is 5.73 Å². The minimum Gasteiger partial charge on any atom is -0.464 e. The Hall–Kier alpha value is -1.88. The van der Waals surface area contributed by atoms with Gasteiger partial charge in [0.2, 0.25) is 0 Å². The number of fused-ring (bicyclic) bond motifs is 1. The van der Waals surface area contributed by atoms with Crippen molar-refractivity contribution in [1.29, 1.82) is 0 Å². The highest BCUT2D eigenvalue weighted by atomic mass is 16.5. The van der Waals surface area contributed by atoms with Gasteiger partial charge in [0.25, 0.3) is 0 Å². The first kappa shape index (κ1) is 10.6. The van der Waals surface area contributed by atoms with Gasteiger partial charge in [-0.25, -0.2) is 4.79 Å². The quantitative estimate of drug-likeness (QED) is 0.759. The average molecular weight is 219 g/mol. The zero-order valence-electron chi connectivity index (χ0n) is 9.23. The van der Waals surface area contributed by atoms with E-state index in [2.05, 4.69) is 9.84 Å². The Kier molecular flexibility index (Phi) is 2.62. The molecule has 1 aromatic carbocycles. The van der Waals surface area contributed by atoms with E-state index in [1.165, 1.54) is 7.11 Å². The van der Waals surface area contributed by atoms with Crippen LogP contribution in [0.4, 0.5) is 0 Å². The molecule has 0 bridgehead atoms. The molecule has 0 aliphatic heterocycles. The summed E-state index contributed by atoms with van der Waals surface area (Å²) in [5, 5.41) is 4.93. The lowest BCUT2D eigenvalue weighted by Gasteiger charge is -2.00. The number of ether oxygens (including phenoxy) is 1. The van der Waals surface area contributed by atoms with Gasteiger partial charge >= 0.3 is 5.97 Å².